The number of furan rings is 1. The van der Waals surface area contributed by atoms with Crippen molar-refractivity contribution in [3.63, 3.8) is 0 Å². The van der Waals surface area contributed by atoms with Crippen LogP contribution in [0.5, 0.6) is 0 Å². The van der Waals surface area contributed by atoms with E-state index in [0.717, 1.165) is 0 Å². The highest BCUT2D eigenvalue weighted by Crippen LogP contribution is 2.11. The number of amides is 1. The highest BCUT2D eigenvalue weighted by Gasteiger charge is 2.12. The molecule has 2 aromatic rings. The first-order chi connectivity index (χ1) is 9.06. The zero-order valence-electron chi connectivity index (χ0n) is 10.5. The molecular formula is C13H15N3O3. The van der Waals surface area contributed by atoms with E-state index in [2.05, 4.69) is 5.32 Å². The van der Waals surface area contributed by atoms with Gasteiger partial charge in [-0.3, -0.25) is 9.59 Å². The maximum absolute atomic E-state index is 11.8. The summed E-state index contributed by atoms with van der Waals surface area (Å²) in [5.74, 6) is 0.380. The Balaban J connectivity index is 2.02. The molecule has 1 unspecified atom stereocenters. The van der Waals surface area contributed by atoms with Crippen molar-refractivity contribution in [3.8, 4) is 0 Å². The molecule has 2 rings (SSSR count). The van der Waals surface area contributed by atoms with Gasteiger partial charge in [0.2, 0.25) is 5.91 Å². The summed E-state index contributed by atoms with van der Waals surface area (Å²) in [7, 11) is 0. The van der Waals surface area contributed by atoms with Gasteiger partial charge in [-0.2, -0.15) is 0 Å². The Labute approximate surface area is 109 Å². The Bertz CT molecular complexity index is 616. The normalized spacial score (nSPS) is 12.1. The summed E-state index contributed by atoms with van der Waals surface area (Å²) in [6, 6.07) is 6.11. The monoisotopic (exact) mass is 261 g/mol. The molecule has 1 amide bonds. The smallest absolute Gasteiger partial charge is 0.251 e. The molecule has 19 heavy (non-hydrogen) atoms. The molecular weight excluding hydrogens is 246 g/mol. The number of hydrogen-bond donors (Lipinski definition) is 2. The summed E-state index contributed by atoms with van der Waals surface area (Å²) in [6.07, 6.45) is 2.99. The third kappa shape index (κ3) is 3.25. The van der Waals surface area contributed by atoms with E-state index < -0.39 is 0 Å². The Hall–Kier alpha value is -2.50. The average Bonchev–Trinajstić information content (AvgIpc) is 2.87. The predicted molar refractivity (Wildman–Crippen MR) is 70.4 cm³/mol. The van der Waals surface area contributed by atoms with Crippen LogP contribution in [0.2, 0.25) is 0 Å². The molecule has 2 heterocycles. The lowest BCUT2D eigenvalue weighted by molar-refractivity contribution is -0.122. The first kappa shape index (κ1) is 12.9. The van der Waals surface area contributed by atoms with Gasteiger partial charge >= 0.3 is 0 Å². The van der Waals surface area contributed by atoms with Crippen LogP contribution in [0.4, 0.5) is 5.69 Å². The third-order valence-corrected chi connectivity index (χ3v) is 2.67. The van der Waals surface area contributed by atoms with E-state index in [1.54, 1.807) is 25.3 Å². The zero-order chi connectivity index (χ0) is 13.8. The third-order valence-electron chi connectivity index (χ3n) is 2.67. The van der Waals surface area contributed by atoms with Gasteiger partial charge < -0.3 is 20.0 Å². The molecule has 100 valence electrons. The van der Waals surface area contributed by atoms with Crippen molar-refractivity contribution in [2.75, 3.05) is 5.73 Å². The minimum absolute atomic E-state index is 0.0745. The molecule has 0 bridgehead atoms. The molecule has 3 N–H and O–H groups in total. The molecule has 0 saturated heterocycles. The van der Waals surface area contributed by atoms with Crippen molar-refractivity contribution in [1.82, 2.24) is 9.88 Å². The summed E-state index contributed by atoms with van der Waals surface area (Å²) >= 11 is 0. The number of pyridine rings is 1. The summed E-state index contributed by atoms with van der Waals surface area (Å²) in [5.41, 5.74) is 5.74. The molecule has 6 nitrogen and oxygen atoms in total. The van der Waals surface area contributed by atoms with Gasteiger partial charge in [-0.1, -0.05) is 0 Å². The topological polar surface area (TPSA) is 90.3 Å². The van der Waals surface area contributed by atoms with E-state index in [0.29, 0.717) is 11.4 Å². The number of nitrogens with two attached hydrogens (primary N) is 1. The van der Waals surface area contributed by atoms with E-state index in [9.17, 15) is 9.59 Å². The lowest BCUT2D eigenvalue weighted by Gasteiger charge is -2.12. The number of aromatic nitrogens is 1. The molecule has 0 aliphatic rings. The maximum atomic E-state index is 11.8. The van der Waals surface area contributed by atoms with Crippen molar-refractivity contribution in [3.05, 3.63) is 52.8 Å². The van der Waals surface area contributed by atoms with E-state index in [1.807, 2.05) is 0 Å². The Morgan fingerprint density at radius 1 is 1.47 bits per heavy atom. The van der Waals surface area contributed by atoms with Gasteiger partial charge in [0.1, 0.15) is 12.3 Å². The molecule has 0 radical (unpaired) electrons. The molecule has 0 saturated carbocycles. The van der Waals surface area contributed by atoms with E-state index in [4.69, 9.17) is 10.2 Å². The van der Waals surface area contributed by atoms with Crippen molar-refractivity contribution in [1.29, 1.82) is 0 Å². The van der Waals surface area contributed by atoms with Crippen molar-refractivity contribution < 1.29 is 9.21 Å². The Morgan fingerprint density at radius 2 is 2.26 bits per heavy atom. The van der Waals surface area contributed by atoms with Crippen LogP contribution >= 0.6 is 0 Å². The molecule has 0 aliphatic carbocycles. The minimum atomic E-state index is -0.281. The number of nitrogen functional groups attached to an aromatic ring is 1. The van der Waals surface area contributed by atoms with E-state index >= 15 is 0 Å². The molecule has 2 aromatic heterocycles. The van der Waals surface area contributed by atoms with Gasteiger partial charge in [-0.05, 0) is 25.1 Å². The SMILES string of the molecule is CC(NC(=O)Cn1cc(N)ccc1=O)c1ccco1. The zero-order valence-corrected chi connectivity index (χ0v) is 10.5. The fourth-order valence-electron chi connectivity index (χ4n) is 1.72. The lowest BCUT2D eigenvalue weighted by atomic mass is 10.2. The molecule has 0 aromatic carbocycles. The quantitative estimate of drug-likeness (QED) is 0.855. The van der Waals surface area contributed by atoms with E-state index in [-0.39, 0.29) is 24.1 Å². The van der Waals surface area contributed by atoms with Crippen LogP contribution in [-0.2, 0) is 11.3 Å². The van der Waals surface area contributed by atoms with Crippen molar-refractivity contribution >= 4 is 11.6 Å². The van der Waals surface area contributed by atoms with Crippen LogP contribution in [0.25, 0.3) is 0 Å². The number of hydrogen-bond acceptors (Lipinski definition) is 4. The highest BCUT2D eigenvalue weighted by atomic mass is 16.3. The van der Waals surface area contributed by atoms with Crippen LogP contribution in [-0.4, -0.2) is 10.5 Å². The van der Waals surface area contributed by atoms with Crippen LogP contribution < -0.4 is 16.6 Å². The Kier molecular flexibility index (Phi) is 3.70. The lowest BCUT2D eigenvalue weighted by Crippen LogP contribution is -2.33. The molecule has 0 spiro atoms. The number of nitrogens with zero attached hydrogens (tertiary/aromatic N) is 1. The Morgan fingerprint density at radius 3 is 2.95 bits per heavy atom. The largest absolute Gasteiger partial charge is 0.467 e. The van der Waals surface area contributed by atoms with Gasteiger partial charge in [-0.15, -0.1) is 0 Å². The highest BCUT2D eigenvalue weighted by molar-refractivity contribution is 5.76. The van der Waals surface area contributed by atoms with Crippen LogP contribution in [0.1, 0.15) is 18.7 Å². The molecule has 1 atom stereocenters. The van der Waals surface area contributed by atoms with Crippen molar-refractivity contribution in [2.45, 2.75) is 19.5 Å². The first-order valence-electron chi connectivity index (χ1n) is 5.85. The second-order valence-electron chi connectivity index (χ2n) is 4.23. The summed E-state index contributed by atoms with van der Waals surface area (Å²) < 4.78 is 6.45. The summed E-state index contributed by atoms with van der Waals surface area (Å²) in [4.78, 5) is 23.4. The van der Waals surface area contributed by atoms with Crippen LogP contribution in [0.15, 0.2) is 45.9 Å². The van der Waals surface area contributed by atoms with Crippen molar-refractivity contribution in [2.24, 2.45) is 0 Å². The fraction of sp³-hybridized carbons (Fsp3) is 0.231. The minimum Gasteiger partial charge on any atom is -0.467 e. The second-order valence-corrected chi connectivity index (χ2v) is 4.23. The average molecular weight is 261 g/mol. The molecule has 0 aliphatic heterocycles. The van der Waals surface area contributed by atoms with E-state index in [1.165, 1.54) is 22.9 Å². The fourth-order valence-corrected chi connectivity index (χ4v) is 1.72. The summed E-state index contributed by atoms with van der Waals surface area (Å²) in [5, 5.41) is 2.74. The summed E-state index contributed by atoms with van der Waals surface area (Å²) in [6.45, 7) is 1.73. The van der Waals surface area contributed by atoms with Gasteiger partial charge in [-0.25, -0.2) is 0 Å². The number of carbonyl (C=O) groups is 1. The molecule has 0 fully saturated rings. The standard InChI is InChI=1S/C13H15N3O3/c1-9(11-3-2-6-19-11)15-12(17)8-16-7-10(14)4-5-13(16)18/h2-7,9H,8,14H2,1H3,(H,15,17). The second kappa shape index (κ2) is 5.43. The molecule has 6 heteroatoms. The number of carbonyl (C=O) groups excluding carboxylic acids is 1. The van der Waals surface area contributed by atoms with Gasteiger partial charge in [0.25, 0.3) is 5.56 Å². The maximum Gasteiger partial charge on any atom is 0.251 e. The van der Waals surface area contributed by atoms with Gasteiger partial charge in [0, 0.05) is 18.0 Å². The number of nitrogens with one attached hydrogen (secondary N) is 1. The first-order valence-corrected chi connectivity index (χ1v) is 5.85. The van der Waals surface area contributed by atoms with Crippen LogP contribution in [0, 0.1) is 0 Å². The number of rotatable bonds is 4. The van der Waals surface area contributed by atoms with Gasteiger partial charge in [0.05, 0.1) is 12.3 Å². The van der Waals surface area contributed by atoms with Gasteiger partial charge in [0.15, 0.2) is 0 Å². The predicted octanol–water partition coefficient (Wildman–Crippen LogP) is 0.901. The van der Waals surface area contributed by atoms with Crippen LogP contribution in [0.3, 0.4) is 0 Å². The number of anilines is 1.